The lowest BCUT2D eigenvalue weighted by Crippen LogP contribution is -1.98. The molecule has 1 aromatic heterocycles. The molecule has 1 N–H and O–H groups in total. The summed E-state index contributed by atoms with van der Waals surface area (Å²) in [5.41, 5.74) is 1.08. The zero-order valence-corrected chi connectivity index (χ0v) is 7.23. The van der Waals surface area contributed by atoms with Gasteiger partial charge in [0.15, 0.2) is 0 Å². The lowest BCUT2D eigenvalue weighted by molar-refractivity contribution is 0.0696. The van der Waals surface area contributed by atoms with Crippen molar-refractivity contribution < 1.29 is 9.90 Å². The zero-order chi connectivity index (χ0) is 9.68. The molecule has 1 heterocycles. The number of allylic oxidation sites excluding steroid dienone is 1. The first-order chi connectivity index (χ1) is 6.24. The van der Waals surface area contributed by atoms with Gasteiger partial charge in [0.25, 0.3) is 0 Å². The van der Waals surface area contributed by atoms with Crippen molar-refractivity contribution in [2.45, 2.75) is 12.8 Å². The molecule has 0 bridgehead atoms. The smallest absolute Gasteiger partial charge is 0.335 e. The van der Waals surface area contributed by atoms with E-state index in [2.05, 4.69) is 11.6 Å². The number of nitrogens with zero attached hydrogens (tertiary/aromatic N) is 1. The zero-order valence-electron chi connectivity index (χ0n) is 7.23. The number of carboxylic acids is 1. The van der Waals surface area contributed by atoms with Gasteiger partial charge in [-0.25, -0.2) is 4.79 Å². The third kappa shape index (κ3) is 2.71. The Morgan fingerprint density at radius 3 is 3.08 bits per heavy atom. The minimum atomic E-state index is -0.915. The van der Waals surface area contributed by atoms with Crippen LogP contribution >= 0.6 is 0 Å². The summed E-state index contributed by atoms with van der Waals surface area (Å²) < 4.78 is 0. The van der Waals surface area contributed by atoms with Crippen molar-refractivity contribution in [1.29, 1.82) is 0 Å². The van der Waals surface area contributed by atoms with Crippen LogP contribution in [0.4, 0.5) is 0 Å². The quantitative estimate of drug-likeness (QED) is 0.714. The molecule has 1 rings (SSSR count). The van der Waals surface area contributed by atoms with Gasteiger partial charge in [0.2, 0.25) is 0 Å². The lowest BCUT2D eigenvalue weighted by atomic mass is 10.1. The summed E-state index contributed by atoms with van der Waals surface area (Å²) in [6.07, 6.45) is 4.86. The maximum Gasteiger partial charge on any atom is 0.335 e. The maximum atomic E-state index is 10.6. The van der Waals surface area contributed by atoms with Gasteiger partial charge in [0.1, 0.15) is 0 Å². The fraction of sp³-hybridized carbons (Fsp3) is 0.200. The van der Waals surface area contributed by atoms with Crippen LogP contribution in [0.3, 0.4) is 0 Å². The Kier molecular flexibility index (Phi) is 3.20. The number of pyridine rings is 1. The molecule has 0 unspecified atom stereocenters. The second-order valence-corrected chi connectivity index (χ2v) is 2.67. The number of aromatic nitrogens is 1. The standard InChI is InChI=1S/C10H11NO2/c1-2-3-4-9-7-8(10(12)13)5-6-11-9/h2,5-7H,1,3-4H2,(H,12,13). The molecule has 0 atom stereocenters. The predicted octanol–water partition coefficient (Wildman–Crippen LogP) is 1.90. The lowest BCUT2D eigenvalue weighted by Gasteiger charge is -1.98. The van der Waals surface area contributed by atoms with Crippen molar-refractivity contribution >= 4 is 5.97 Å². The van der Waals surface area contributed by atoms with Gasteiger partial charge in [-0.05, 0) is 25.0 Å². The van der Waals surface area contributed by atoms with Crippen LogP contribution < -0.4 is 0 Å². The van der Waals surface area contributed by atoms with Gasteiger partial charge in [0, 0.05) is 11.9 Å². The van der Waals surface area contributed by atoms with Crippen LogP contribution in [0.2, 0.25) is 0 Å². The molecule has 0 saturated heterocycles. The first-order valence-electron chi connectivity index (χ1n) is 4.03. The summed E-state index contributed by atoms with van der Waals surface area (Å²) in [4.78, 5) is 14.6. The summed E-state index contributed by atoms with van der Waals surface area (Å²) in [7, 11) is 0. The maximum absolute atomic E-state index is 10.6. The van der Waals surface area contributed by atoms with Crippen LogP contribution in [0.1, 0.15) is 22.5 Å². The van der Waals surface area contributed by atoms with Gasteiger partial charge in [-0.3, -0.25) is 4.98 Å². The number of hydrogen-bond donors (Lipinski definition) is 1. The molecule has 0 aromatic carbocycles. The summed E-state index contributed by atoms with van der Waals surface area (Å²) in [5.74, 6) is -0.915. The van der Waals surface area contributed by atoms with Crippen molar-refractivity contribution in [2.24, 2.45) is 0 Å². The third-order valence-corrected chi connectivity index (χ3v) is 1.67. The first-order valence-corrected chi connectivity index (χ1v) is 4.03. The Labute approximate surface area is 76.7 Å². The van der Waals surface area contributed by atoms with Crippen LogP contribution in [0.15, 0.2) is 31.0 Å². The van der Waals surface area contributed by atoms with Crippen LogP contribution in [0.25, 0.3) is 0 Å². The average Bonchev–Trinajstić information content (AvgIpc) is 2.15. The van der Waals surface area contributed by atoms with Crippen molar-refractivity contribution in [3.8, 4) is 0 Å². The molecule has 0 aliphatic carbocycles. The average molecular weight is 177 g/mol. The summed E-state index contributed by atoms with van der Waals surface area (Å²) in [5, 5.41) is 8.69. The number of aryl methyl sites for hydroxylation is 1. The Balaban J connectivity index is 2.79. The highest BCUT2D eigenvalue weighted by molar-refractivity contribution is 5.87. The second-order valence-electron chi connectivity index (χ2n) is 2.67. The molecular weight excluding hydrogens is 166 g/mol. The normalized spacial score (nSPS) is 9.54. The molecule has 0 radical (unpaired) electrons. The van der Waals surface area contributed by atoms with Crippen LogP contribution in [-0.2, 0) is 6.42 Å². The van der Waals surface area contributed by atoms with E-state index in [1.807, 2.05) is 0 Å². The number of aromatic carboxylic acids is 1. The minimum Gasteiger partial charge on any atom is -0.478 e. The van der Waals surface area contributed by atoms with Gasteiger partial charge >= 0.3 is 5.97 Å². The van der Waals surface area contributed by atoms with Crippen molar-refractivity contribution in [3.05, 3.63) is 42.2 Å². The molecule has 0 saturated carbocycles. The van der Waals surface area contributed by atoms with E-state index >= 15 is 0 Å². The fourth-order valence-corrected chi connectivity index (χ4v) is 0.998. The molecular formula is C10H11NO2. The van der Waals surface area contributed by atoms with Crippen molar-refractivity contribution in [1.82, 2.24) is 4.98 Å². The third-order valence-electron chi connectivity index (χ3n) is 1.67. The molecule has 0 aliphatic rings. The first kappa shape index (κ1) is 9.45. The van der Waals surface area contributed by atoms with E-state index in [1.165, 1.54) is 12.3 Å². The van der Waals surface area contributed by atoms with E-state index in [9.17, 15) is 4.79 Å². The Bertz CT molecular complexity index is 320. The number of carbonyl (C=O) groups is 1. The molecule has 0 aliphatic heterocycles. The minimum absolute atomic E-state index is 0.286. The molecule has 68 valence electrons. The van der Waals surface area contributed by atoms with Crippen LogP contribution in [0, 0.1) is 0 Å². The number of carboxylic acid groups (broad SMARTS) is 1. The van der Waals surface area contributed by atoms with Gasteiger partial charge in [-0.2, -0.15) is 0 Å². The molecule has 0 spiro atoms. The monoisotopic (exact) mass is 177 g/mol. The molecule has 0 fully saturated rings. The van der Waals surface area contributed by atoms with E-state index in [4.69, 9.17) is 5.11 Å². The number of rotatable bonds is 4. The molecule has 1 aromatic rings. The topological polar surface area (TPSA) is 50.2 Å². The van der Waals surface area contributed by atoms with Crippen LogP contribution in [-0.4, -0.2) is 16.1 Å². The van der Waals surface area contributed by atoms with Gasteiger partial charge in [-0.1, -0.05) is 6.08 Å². The molecule has 13 heavy (non-hydrogen) atoms. The van der Waals surface area contributed by atoms with Crippen LogP contribution in [0.5, 0.6) is 0 Å². The van der Waals surface area contributed by atoms with E-state index < -0.39 is 5.97 Å². The fourth-order valence-electron chi connectivity index (χ4n) is 0.998. The van der Waals surface area contributed by atoms with Gasteiger partial charge in [0.05, 0.1) is 5.56 Å². The van der Waals surface area contributed by atoms with Gasteiger partial charge in [-0.15, -0.1) is 6.58 Å². The van der Waals surface area contributed by atoms with E-state index in [1.54, 1.807) is 12.1 Å². The Morgan fingerprint density at radius 2 is 2.46 bits per heavy atom. The summed E-state index contributed by atoms with van der Waals surface area (Å²) in [6, 6.07) is 3.07. The molecule has 3 heteroatoms. The van der Waals surface area contributed by atoms with E-state index in [-0.39, 0.29) is 5.56 Å². The van der Waals surface area contributed by atoms with E-state index in [0.717, 1.165) is 18.5 Å². The summed E-state index contributed by atoms with van der Waals surface area (Å²) >= 11 is 0. The second kappa shape index (κ2) is 4.40. The molecule has 3 nitrogen and oxygen atoms in total. The van der Waals surface area contributed by atoms with Crippen molar-refractivity contribution in [2.75, 3.05) is 0 Å². The highest BCUT2D eigenvalue weighted by Crippen LogP contribution is 2.04. The Morgan fingerprint density at radius 1 is 1.69 bits per heavy atom. The van der Waals surface area contributed by atoms with Gasteiger partial charge < -0.3 is 5.11 Å². The largest absolute Gasteiger partial charge is 0.478 e. The highest BCUT2D eigenvalue weighted by atomic mass is 16.4. The van der Waals surface area contributed by atoms with E-state index in [0.29, 0.717) is 0 Å². The number of hydrogen-bond acceptors (Lipinski definition) is 2. The SMILES string of the molecule is C=CCCc1cc(C(=O)O)ccn1. The predicted molar refractivity (Wildman–Crippen MR) is 49.7 cm³/mol. The Hall–Kier alpha value is -1.64. The highest BCUT2D eigenvalue weighted by Gasteiger charge is 2.02. The van der Waals surface area contributed by atoms with Crippen molar-refractivity contribution in [3.63, 3.8) is 0 Å². The summed E-state index contributed by atoms with van der Waals surface area (Å²) in [6.45, 7) is 3.59. The molecule has 0 amide bonds.